The first-order valence-electron chi connectivity index (χ1n) is 3.80. The van der Waals surface area contributed by atoms with E-state index in [0.29, 0.717) is 0 Å². The van der Waals surface area contributed by atoms with Crippen LogP contribution in [-0.4, -0.2) is 0 Å². The first-order chi connectivity index (χ1) is 6.27. The smallest absolute Gasteiger partial charge is 0.0656 e. The molecule has 0 aliphatic heterocycles. The summed E-state index contributed by atoms with van der Waals surface area (Å²) in [5, 5.41) is 4.19. The zero-order valence-electron chi connectivity index (χ0n) is 6.74. The van der Waals surface area contributed by atoms with Crippen molar-refractivity contribution >= 4 is 45.3 Å². The summed E-state index contributed by atoms with van der Waals surface area (Å²) in [4.78, 5) is 1.23. The van der Waals surface area contributed by atoms with Crippen LogP contribution in [0.4, 0.5) is 0 Å². The van der Waals surface area contributed by atoms with Gasteiger partial charge in [0.05, 0.1) is 8.93 Å². The highest BCUT2D eigenvalue weighted by Gasteiger charge is 2.10. The number of thiophene rings is 2. The highest BCUT2D eigenvalue weighted by molar-refractivity contribution is 14.1. The molecule has 2 rings (SSSR count). The van der Waals surface area contributed by atoms with Crippen molar-refractivity contribution in [3.05, 3.63) is 42.3 Å². The van der Waals surface area contributed by atoms with Crippen LogP contribution in [0.25, 0.3) is 0 Å². The van der Waals surface area contributed by atoms with Crippen molar-refractivity contribution in [1.29, 1.82) is 0 Å². The molecule has 4 heteroatoms. The molecule has 1 atom stereocenters. The van der Waals surface area contributed by atoms with Crippen molar-refractivity contribution in [1.82, 2.24) is 0 Å². The van der Waals surface area contributed by atoms with E-state index in [2.05, 4.69) is 45.5 Å². The minimum Gasteiger partial charge on any atom is -0.320 e. The van der Waals surface area contributed by atoms with Gasteiger partial charge in [0.15, 0.2) is 0 Å². The molecule has 0 saturated heterocycles. The van der Waals surface area contributed by atoms with E-state index in [1.165, 1.54) is 13.3 Å². The van der Waals surface area contributed by atoms with Gasteiger partial charge >= 0.3 is 0 Å². The number of halogens is 1. The van der Waals surface area contributed by atoms with Crippen LogP contribution in [0, 0.1) is 2.88 Å². The van der Waals surface area contributed by atoms with Crippen LogP contribution in [-0.2, 0) is 0 Å². The molecule has 1 unspecified atom stereocenters. The van der Waals surface area contributed by atoms with E-state index in [-0.39, 0.29) is 6.04 Å². The fraction of sp³-hybridized carbons (Fsp3) is 0.111. The molecule has 0 radical (unpaired) electrons. The van der Waals surface area contributed by atoms with Gasteiger partial charge in [-0.05, 0) is 51.0 Å². The van der Waals surface area contributed by atoms with Gasteiger partial charge in [0.1, 0.15) is 0 Å². The van der Waals surface area contributed by atoms with Gasteiger partial charge in [-0.15, -0.1) is 22.7 Å². The second kappa shape index (κ2) is 4.08. The maximum absolute atomic E-state index is 6.09. The molecule has 2 aromatic heterocycles. The van der Waals surface area contributed by atoms with Gasteiger partial charge in [-0.1, -0.05) is 6.07 Å². The molecular weight excluding hydrogens is 313 g/mol. The standard InChI is InChI=1S/C9H8INS2/c10-8-4-6(5-13-8)9(11)7-2-1-3-12-7/h1-5,9H,11H2. The van der Waals surface area contributed by atoms with Gasteiger partial charge in [-0.25, -0.2) is 0 Å². The van der Waals surface area contributed by atoms with Crippen LogP contribution in [0.5, 0.6) is 0 Å². The van der Waals surface area contributed by atoms with Crippen molar-refractivity contribution in [2.75, 3.05) is 0 Å². The van der Waals surface area contributed by atoms with Gasteiger partial charge in [-0.3, -0.25) is 0 Å². The Labute approximate surface area is 98.7 Å². The van der Waals surface area contributed by atoms with E-state index in [9.17, 15) is 0 Å². The van der Waals surface area contributed by atoms with Crippen LogP contribution in [0.15, 0.2) is 29.0 Å². The molecule has 1 nitrogen and oxygen atoms in total. The SMILES string of the molecule is NC(c1csc(I)c1)c1cccs1. The Bertz CT molecular complexity index is 380. The highest BCUT2D eigenvalue weighted by Crippen LogP contribution is 2.27. The molecule has 2 N–H and O–H groups in total. The molecule has 0 saturated carbocycles. The summed E-state index contributed by atoms with van der Waals surface area (Å²) in [5.74, 6) is 0. The molecule has 0 aromatic carbocycles. The predicted molar refractivity (Wildman–Crippen MR) is 67.4 cm³/mol. The van der Waals surface area contributed by atoms with Gasteiger partial charge in [-0.2, -0.15) is 0 Å². The van der Waals surface area contributed by atoms with Gasteiger partial charge < -0.3 is 5.73 Å². The van der Waals surface area contributed by atoms with Crippen LogP contribution in [0.2, 0.25) is 0 Å². The highest BCUT2D eigenvalue weighted by atomic mass is 127. The topological polar surface area (TPSA) is 26.0 Å². The molecule has 0 amide bonds. The van der Waals surface area contributed by atoms with Crippen molar-refractivity contribution in [2.24, 2.45) is 5.73 Å². The Morgan fingerprint density at radius 2 is 2.23 bits per heavy atom. The Morgan fingerprint density at radius 1 is 1.38 bits per heavy atom. The summed E-state index contributed by atoms with van der Waals surface area (Å²) in [7, 11) is 0. The third-order valence-corrected chi connectivity index (χ3v) is 4.56. The van der Waals surface area contributed by atoms with E-state index < -0.39 is 0 Å². The lowest BCUT2D eigenvalue weighted by molar-refractivity contribution is 0.899. The molecule has 0 spiro atoms. The second-order valence-electron chi connectivity index (χ2n) is 2.68. The van der Waals surface area contributed by atoms with Gasteiger partial charge in [0.25, 0.3) is 0 Å². The summed E-state index contributed by atoms with van der Waals surface area (Å²) in [6.45, 7) is 0. The molecule has 0 bridgehead atoms. The molecule has 68 valence electrons. The van der Waals surface area contributed by atoms with E-state index in [1.54, 1.807) is 22.7 Å². The fourth-order valence-electron chi connectivity index (χ4n) is 1.12. The number of hydrogen-bond acceptors (Lipinski definition) is 3. The molecular formula is C9H8INS2. The molecule has 0 aliphatic carbocycles. The maximum Gasteiger partial charge on any atom is 0.0656 e. The maximum atomic E-state index is 6.09. The zero-order chi connectivity index (χ0) is 9.26. The van der Waals surface area contributed by atoms with Gasteiger partial charge in [0.2, 0.25) is 0 Å². The number of rotatable bonds is 2. The van der Waals surface area contributed by atoms with Crippen LogP contribution >= 0.6 is 45.3 Å². The third kappa shape index (κ3) is 2.12. The zero-order valence-corrected chi connectivity index (χ0v) is 10.5. The minimum absolute atomic E-state index is 0.0553. The minimum atomic E-state index is 0.0553. The predicted octanol–water partition coefficient (Wildman–Crippen LogP) is 3.46. The molecule has 0 fully saturated rings. The lowest BCUT2D eigenvalue weighted by Gasteiger charge is -2.05. The van der Waals surface area contributed by atoms with E-state index in [4.69, 9.17) is 5.73 Å². The lowest BCUT2D eigenvalue weighted by atomic mass is 10.1. The first kappa shape index (κ1) is 9.64. The van der Waals surface area contributed by atoms with Crippen LogP contribution in [0.3, 0.4) is 0 Å². The van der Waals surface area contributed by atoms with Crippen molar-refractivity contribution in [2.45, 2.75) is 6.04 Å². The quantitative estimate of drug-likeness (QED) is 0.842. The molecule has 13 heavy (non-hydrogen) atoms. The Kier molecular flexibility index (Phi) is 3.02. The van der Waals surface area contributed by atoms with Crippen molar-refractivity contribution in [3.63, 3.8) is 0 Å². The summed E-state index contributed by atoms with van der Waals surface area (Å²) >= 11 is 5.77. The summed E-state index contributed by atoms with van der Waals surface area (Å²) in [6, 6.07) is 6.33. The average molecular weight is 321 g/mol. The molecule has 2 heterocycles. The summed E-state index contributed by atoms with van der Waals surface area (Å²) < 4.78 is 1.29. The molecule has 2 aromatic rings. The molecule has 0 aliphatic rings. The Morgan fingerprint density at radius 3 is 2.77 bits per heavy atom. The lowest BCUT2D eigenvalue weighted by Crippen LogP contribution is -2.08. The Hall–Kier alpha value is 0.0900. The first-order valence-corrected chi connectivity index (χ1v) is 6.64. The monoisotopic (exact) mass is 321 g/mol. The average Bonchev–Trinajstić information content (AvgIpc) is 2.72. The second-order valence-corrected chi connectivity index (χ2v) is 6.46. The van der Waals surface area contributed by atoms with Crippen molar-refractivity contribution < 1.29 is 0 Å². The summed E-state index contributed by atoms with van der Waals surface area (Å²) in [5.41, 5.74) is 7.31. The van der Waals surface area contributed by atoms with Crippen LogP contribution < -0.4 is 5.73 Å². The van der Waals surface area contributed by atoms with E-state index in [1.807, 2.05) is 6.07 Å². The Balaban J connectivity index is 2.28. The van der Waals surface area contributed by atoms with Crippen LogP contribution in [0.1, 0.15) is 16.5 Å². The summed E-state index contributed by atoms with van der Waals surface area (Å²) in [6.07, 6.45) is 0. The van der Waals surface area contributed by atoms with Gasteiger partial charge in [0, 0.05) is 4.88 Å². The normalized spacial score (nSPS) is 13.1. The van der Waals surface area contributed by atoms with E-state index >= 15 is 0 Å². The fourth-order valence-corrected chi connectivity index (χ4v) is 3.28. The van der Waals surface area contributed by atoms with E-state index in [0.717, 1.165) is 0 Å². The number of nitrogens with two attached hydrogens (primary N) is 1. The number of hydrogen-bond donors (Lipinski definition) is 1. The largest absolute Gasteiger partial charge is 0.320 e. The third-order valence-electron chi connectivity index (χ3n) is 1.80. The van der Waals surface area contributed by atoms with Crippen molar-refractivity contribution in [3.8, 4) is 0 Å².